The van der Waals surface area contributed by atoms with Crippen molar-refractivity contribution in [1.82, 2.24) is 9.97 Å². The van der Waals surface area contributed by atoms with E-state index < -0.39 is 0 Å². The van der Waals surface area contributed by atoms with Gasteiger partial charge in [-0.05, 0) is 12.1 Å². The molecule has 1 heterocycles. The Bertz CT molecular complexity index is 529. The van der Waals surface area contributed by atoms with Gasteiger partial charge in [0.05, 0.1) is 16.7 Å². The van der Waals surface area contributed by atoms with Crippen molar-refractivity contribution >= 4 is 11.0 Å². The summed E-state index contributed by atoms with van der Waals surface area (Å²) in [7, 11) is 0. The molecule has 0 fully saturated rings. The first kappa shape index (κ1) is 9.60. The number of rotatable bonds is 2. The number of hydrogen-bond acceptors (Lipinski definition) is 2. The lowest BCUT2D eigenvalue weighted by Crippen LogP contribution is -1.93. The Morgan fingerprint density at radius 3 is 3.00 bits per heavy atom. The smallest absolute Gasteiger partial charge is 0.125 e. The Kier molecular flexibility index (Phi) is 2.59. The lowest BCUT2D eigenvalue weighted by molar-refractivity contribution is 0.629. The molecule has 0 unspecified atom stereocenters. The van der Waals surface area contributed by atoms with E-state index in [4.69, 9.17) is 6.42 Å². The molecule has 1 aromatic carbocycles. The van der Waals surface area contributed by atoms with Gasteiger partial charge in [0.1, 0.15) is 5.82 Å². The molecule has 74 valence electrons. The third-order valence-corrected chi connectivity index (χ3v) is 2.08. The van der Waals surface area contributed by atoms with Crippen molar-refractivity contribution in [2.24, 2.45) is 0 Å². The van der Waals surface area contributed by atoms with Crippen molar-refractivity contribution in [1.29, 1.82) is 0 Å². The molecule has 3 heteroatoms. The van der Waals surface area contributed by atoms with Gasteiger partial charge in [0.25, 0.3) is 0 Å². The minimum atomic E-state index is -0.298. The summed E-state index contributed by atoms with van der Waals surface area (Å²) >= 11 is 0. The van der Waals surface area contributed by atoms with Crippen LogP contribution in [-0.2, 0) is 6.42 Å². The number of nitrogens with zero attached hydrogens (tertiary/aromatic N) is 2. The summed E-state index contributed by atoms with van der Waals surface area (Å²) < 4.78 is 12.8. The van der Waals surface area contributed by atoms with Gasteiger partial charge in [-0.1, -0.05) is 0 Å². The Hall–Kier alpha value is -1.95. The van der Waals surface area contributed by atoms with Crippen LogP contribution >= 0.6 is 0 Å². The molecule has 0 atom stereocenters. The molecule has 1 aromatic heterocycles. The normalized spacial score (nSPS) is 10.1. The second-order valence-corrected chi connectivity index (χ2v) is 3.20. The standard InChI is InChI=1S/C12H9FN2/c1-2-3-4-10-8-14-12-7-9(13)5-6-11(12)15-10/h1,5-8H,3-4H2. The lowest BCUT2D eigenvalue weighted by atomic mass is 10.2. The third kappa shape index (κ3) is 2.10. The highest BCUT2D eigenvalue weighted by atomic mass is 19.1. The molecule has 0 saturated carbocycles. The number of aryl methyl sites for hydroxylation is 1. The number of terminal acetylenes is 1. The Morgan fingerprint density at radius 2 is 2.20 bits per heavy atom. The third-order valence-electron chi connectivity index (χ3n) is 2.08. The highest BCUT2D eigenvalue weighted by molar-refractivity contribution is 5.73. The van der Waals surface area contributed by atoms with Crippen molar-refractivity contribution in [3.8, 4) is 12.3 Å². The first-order valence-electron chi connectivity index (χ1n) is 4.64. The highest BCUT2D eigenvalue weighted by Gasteiger charge is 2.00. The monoisotopic (exact) mass is 200 g/mol. The van der Waals surface area contributed by atoms with Gasteiger partial charge in [0, 0.05) is 25.1 Å². The summed E-state index contributed by atoms with van der Waals surface area (Å²) in [5.41, 5.74) is 2.11. The van der Waals surface area contributed by atoms with Gasteiger partial charge in [-0.3, -0.25) is 4.98 Å². The number of benzene rings is 1. The molecule has 15 heavy (non-hydrogen) atoms. The first-order chi connectivity index (χ1) is 7.29. The van der Waals surface area contributed by atoms with Gasteiger partial charge >= 0.3 is 0 Å². The minimum Gasteiger partial charge on any atom is -0.253 e. The van der Waals surface area contributed by atoms with Crippen molar-refractivity contribution in [2.75, 3.05) is 0 Å². The van der Waals surface area contributed by atoms with E-state index in [0.29, 0.717) is 23.9 Å². The molecule has 2 aromatic rings. The number of hydrogen-bond donors (Lipinski definition) is 0. The van der Waals surface area contributed by atoms with Gasteiger partial charge in [-0.15, -0.1) is 12.3 Å². The second kappa shape index (κ2) is 4.05. The van der Waals surface area contributed by atoms with Crippen LogP contribution in [-0.4, -0.2) is 9.97 Å². The van der Waals surface area contributed by atoms with E-state index in [0.717, 1.165) is 5.69 Å². The van der Waals surface area contributed by atoms with Crippen molar-refractivity contribution in [3.05, 3.63) is 35.9 Å². The van der Waals surface area contributed by atoms with Gasteiger partial charge < -0.3 is 0 Å². The fourth-order valence-electron chi connectivity index (χ4n) is 1.34. The fourth-order valence-corrected chi connectivity index (χ4v) is 1.34. The maximum atomic E-state index is 12.8. The minimum absolute atomic E-state index is 0.298. The van der Waals surface area contributed by atoms with E-state index in [9.17, 15) is 4.39 Å². The summed E-state index contributed by atoms with van der Waals surface area (Å²) in [6, 6.07) is 4.37. The molecular formula is C12H9FN2. The Labute approximate surface area is 87.2 Å². The molecule has 0 N–H and O–H groups in total. The van der Waals surface area contributed by atoms with Crippen LogP contribution in [0.1, 0.15) is 12.1 Å². The van der Waals surface area contributed by atoms with Crippen LogP contribution in [0, 0.1) is 18.2 Å². The van der Waals surface area contributed by atoms with Crippen LogP contribution in [0.5, 0.6) is 0 Å². The Balaban J connectivity index is 2.40. The van der Waals surface area contributed by atoms with E-state index in [1.165, 1.54) is 12.1 Å². The predicted molar refractivity (Wildman–Crippen MR) is 56.7 cm³/mol. The molecule has 0 amide bonds. The van der Waals surface area contributed by atoms with Gasteiger partial charge in [-0.25, -0.2) is 9.37 Å². The average Bonchev–Trinajstić information content (AvgIpc) is 2.26. The largest absolute Gasteiger partial charge is 0.253 e. The zero-order valence-electron chi connectivity index (χ0n) is 8.07. The van der Waals surface area contributed by atoms with E-state index >= 15 is 0 Å². The van der Waals surface area contributed by atoms with E-state index in [1.54, 1.807) is 12.3 Å². The zero-order valence-corrected chi connectivity index (χ0v) is 8.07. The van der Waals surface area contributed by atoms with Crippen molar-refractivity contribution in [2.45, 2.75) is 12.8 Å². The average molecular weight is 200 g/mol. The van der Waals surface area contributed by atoms with Crippen LogP contribution in [0.25, 0.3) is 11.0 Å². The van der Waals surface area contributed by atoms with Crippen LogP contribution in [0.2, 0.25) is 0 Å². The maximum absolute atomic E-state index is 12.8. The maximum Gasteiger partial charge on any atom is 0.125 e. The number of aromatic nitrogens is 2. The van der Waals surface area contributed by atoms with Crippen molar-refractivity contribution in [3.63, 3.8) is 0 Å². The van der Waals surface area contributed by atoms with E-state index in [1.807, 2.05) is 0 Å². The number of halogens is 1. The molecule has 0 aliphatic heterocycles. The summed E-state index contributed by atoms with van der Waals surface area (Å²) in [4.78, 5) is 8.45. The molecule has 0 bridgehead atoms. The summed E-state index contributed by atoms with van der Waals surface area (Å²) in [6.07, 6.45) is 8.14. The van der Waals surface area contributed by atoms with Gasteiger partial charge in [0.15, 0.2) is 0 Å². The van der Waals surface area contributed by atoms with Crippen LogP contribution in [0.4, 0.5) is 4.39 Å². The van der Waals surface area contributed by atoms with E-state index in [-0.39, 0.29) is 5.82 Å². The molecular weight excluding hydrogens is 191 g/mol. The quantitative estimate of drug-likeness (QED) is 0.695. The van der Waals surface area contributed by atoms with Crippen LogP contribution < -0.4 is 0 Å². The summed E-state index contributed by atoms with van der Waals surface area (Å²) in [5.74, 6) is 2.25. The molecule has 0 radical (unpaired) electrons. The SMILES string of the molecule is C#CCCc1cnc2cc(F)ccc2n1. The molecule has 0 saturated heterocycles. The lowest BCUT2D eigenvalue weighted by Gasteiger charge is -2.00. The first-order valence-corrected chi connectivity index (χ1v) is 4.64. The predicted octanol–water partition coefficient (Wildman–Crippen LogP) is 2.33. The second-order valence-electron chi connectivity index (χ2n) is 3.20. The molecule has 2 nitrogen and oxygen atoms in total. The molecule has 0 spiro atoms. The molecule has 0 aliphatic rings. The van der Waals surface area contributed by atoms with Crippen molar-refractivity contribution < 1.29 is 4.39 Å². The van der Waals surface area contributed by atoms with Crippen LogP contribution in [0.3, 0.4) is 0 Å². The zero-order chi connectivity index (χ0) is 10.7. The molecule has 0 aliphatic carbocycles. The Morgan fingerprint density at radius 1 is 1.33 bits per heavy atom. The fraction of sp³-hybridized carbons (Fsp3) is 0.167. The highest BCUT2D eigenvalue weighted by Crippen LogP contribution is 2.11. The topological polar surface area (TPSA) is 25.8 Å². The van der Waals surface area contributed by atoms with E-state index in [2.05, 4.69) is 15.9 Å². The molecule has 2 rings (SSSR count). The summed E-state index contributed by atoms with van der Waals surface area (Å²) in [5, 5.41) is 0. The number of fused-ring (bicyclic) bond motifs is 1. The van der Waals surface area contributed by atoms with Crippen LogP contribution in [0.15, 0.2) is 24.4 Å². The van der Waals surface area contributed by atoms with Gasteiger partial charge in [0.2, 0.25) is 0 Å². The van der Waals surface area contributed by atoms with Gasteiger partial charge in [-0.2, -0.15) is 0 Å². The summed E-state index contributed by atoms with van der Waals surface area (Å²) in [6.45, 7) is 0.